The van der Waals surface area contributed by atoms with Gasteiger partial charge in [-0.3, -0.25) is 4.79 Å². The maximum Gasteiger partial charge on any atom is 0.185 e. The molecule has 108 valence electrons. The normalized spacial score (nSPS) is 11.3. The van der Waals surface area contributed by atoms with E-state index in [4.69, 9.17) is 0 Å². The molecule has 21 heavy (non-hydrogen) atoms. The van der Waals surface area contributed by atoms with E-state index in [9.17, 15) is 4.79 Å². The second kappa shape index (κ2) is 6.53. The van der Waals surface area contributed by atoms with Crippen molar-refractivity contribution in [3.63, 3.8) is 0 Å². The third-order valence-electron chi connectivity index (χ3n) is 3.82. The highest BCUT2D eigenvalue weighted by Crippen LogP contribution is 2.16. The van der Waals surface area contributed by atoms with Gasteiger partial charge < -0.3 is 0 Å². The van der Waals surface area contributed by atoms with E-state index in [-0.39, 0.29) is 5.78 Å². The molecule has 0 heterocycles. The molecule has 0 aromatic heterocycles. The van der Waals surface area contributed by atoms with Gasteiger partial charge in [0, 0.05) is 5.56 Å². The number of carbonyl (C=O) groups excluding carboxylic acids is 1. The van der Waals surface area contributed by atoms with E-state index in [1.165, 1.54) is 11.1 Å². The SMILES string of the molecule is Cc1ccc(C(=O)/C=C/c2ccc(C(C)C)cc2)cc1C. The maximum absolute atomic E-state index is 12.2. The van der Waals surface area contributed by atoms with Crippen LogP contribution >= 0.6 is 0 Å². The minimum Gasteiger partial charge on any atom is -0.289 e. The summed E-state index contributed by atoms with van der Waals surface area (Å²) in [7, 11) is 0. The molecule has 0 N–H and O–H groups in total. The summed E-state index contributed by atoms with van der Waals surface area (Å²) < 4.78 is 0. The average Bonchev–Trinajstić information content (AvgIpc) is 2.48. The fraction of sp³-hybridized carbons (Fsp3) is 0.250. The molecule has 0 atom stereocenters. The molecule has 0 radical (unpaired) electrons. The molecule has 0 fully saturated rings. The van der Waals surface area contributed by atoms with Crippen LogP contribution < -0.4 is 0 Å². The van der Waals surface area contributed by atoms with Gasteiger partial charge >= 0.3 is 0 Å². The molecule has 0 aliphatic carbocycles. The maximum atomic E-state index is 12.2. The van der Waals surface area contributed by atoms with Crippen molar-refractivity contribution in [3.8, 4) is 0 Å². The van der Waals surface area contributed by atoms with Gasteiger partial charge in [-0.15, -0.1) is 0 Å². The molecule has 0 bridgehead atoms. The number of ketones is 1. The van der Waals surface area contributed by atoms with E-state index in [0.717, 1.165) is 16.7 Å². The minimum atomic E-state index is 0.0473. The van der Waals surface area contributed by atoms with Gasteiger partial charge in [0.1, 0.15) is 0 Å². The topological polar surface area (TPSA) is 17.1 Å². The first-order chi connectivity index (χ1) is 9.97. The number of benzene rings is 2. The first-order valence-electron chi connectivity index (χ1n) is 7.37. The van der Waals surface area contributed by atoms with Gasteiger partial charge in [-0.2, -0.15) is 0 Å². The molecule has 0 unspecified atom stereocenters. The largest absolute Gasteiger partial charge is 0.289 e. The van der Waals surface area contributed by atoms with Crippen LogP contribution in [0, 0.1) is 13.8 Å². The molecular weight excluding hydrogens is 256 g/mol. The molecule has 1 nitrogen and oxygen atoms in total. The Labute approximate surface area is 127 Å². The number of aryl methyl sites for hydroxylation is 2. The number of carbonyl (C=O) groups is 1. The van der Waals surface area contributed by atoms with Gasteiger partial charge in [0.15, 0.2) is 5.78 Å². The number of hydrogen-bond donors (Lipinski definition) is 0. The van der Waals surface area contributed by atoms with Crippen LogP contribution in [0.25, 0.3) is 6.08 Å². The number of hydrogen-bond acceptors (Lipinski definition) is 1. The fourth-order valence-electron chi connectivity index (χ4n) is 2.15. The molecule has 0 amide bonds. The quantitative estimate of drug-likeness (QED) is 0.546. The van der Waals surface area contributed by atoms with Crippen LogP contribution in [0.15, 0.2) is 48.5 Å². The Hall–Kier alpha value is -2.15. The molecule has 0 saturated carbocycles. The Balaban J connectivity index is 2.12. The Bertz CT molecular complexity index is 661. The molecule has 0 spiro atoms. The zero-order valence-corrected chi connectivity index (χ0v) is 13.2. The first kappa shape index (κ1) is 15.2. The van der Waals surface area contributed by atoms with Gasteiger partial charge in [0.25, 0.3) is 0 Å². The highest BCUT2D eigenvalue weighted by Gasteiger charge is 2.03. The summed E-state index contributed by atoms with van der Waals surface area (Å²) in [5, 5.41) is 0. The molecule has 0 saturated heterocycles. The monoisotopic (exact) mass is 278 g/mol. The van der Waals surface area contributed by atoms with Crippen LogP contribution in [0.1, 0.15) is 52.4 Å². The van der Waals surface area contributed by atoms with E-state index in [1.807, 2.05) is 31.2 Å². The Morgan fingerprint density at radius 3 is 2.19 bits per heavy atom. The number of allylic oxidation sites excluding steroid dienone is 1. The van der Waals surface area contributed by atoms with Crippen LogP contribution in [0.2, 0.25) is 0 Å². The molecule has 0 aliphatic heterocycles. The van der Waals surface area contributed by atoms with Crippen molar-refractivity contribution in [2.45, 2.75) is 33.6 Å². The molecule has 0 aliphatic rings. The first-order valence-corrected chi connectivity index (χ1v) is 7.37. The van der Waals surface area contributed by atoms with Gasteiger partial charge in [-0.1, -0.05) is 56.3 Å². The van der Waals surface area contributed by atoms with Gasteiger partial charge in [-0.05, 0) is 54.2 Å². The van der Waals surface area contributed by atoms with Crippen LogP contribution in [-0.2, 0) is 0 Å². The summed E-state index contributed by atoms with van der Waals surface area (Å²) in [5.74, 6) is 0.575. The lowest BCUT2D eigenvalue weighted by Gasteiger charge is -2.04. The fourth-order valence-corrected chi connectivity index (χ4v) is 2.15. The second-order valence-electron chi connectivity index (χ2n) is 5.82. The van der Waals surface area contributed by atoms with Crippen LogP contribution in [0.4, 0.5) is 0 Å². The smallest absolute Gasteiger partial charge is 0.185 e. The summed E-state index contributed by atoms with van der Waals surface area (Å²) in [6.45, 7) is 8.43. The lowest BCUT2D eigenvalue weighted by Crippen LogP contribution is -1.95. The van der Waals surface area contributed by atoms with E-state index in [1.54, 1.807) is 6.08 Å². The van der Waals surface area contributed by atoms with E-state index >= 15 is 0 Å². The third kappa shape index (κ3) is 3.91. The third-order valence-corrected chi connectivity index (χ3v) is 3.82. The molecule has 2 aromatic rings. The summed E-state index contributed by atoms with van der Waals surface area (Å²) in [6, 6.07) is 14.2. The molecule has 2 rings (SSSR count). The number of rotatable bonds is 4. The van der Waals surface area contributed by atoms with Gasteiger partial charge in [-0.25, -0.2) is 0 Å². The summed E-state index contributed by atoms with van der Waals surface area (Å²) in [6.07, 6.45) is 3.52. The predicted molar refractivity (Wildman–Crippen MR) is 89.8 cm³/mol. The van der Waals surface area contributed by atoms with E-state index in [2.05, 4.69) is 45.0 Å². The standard InChI is InChI=1S/C20H22O/c1-14(2)18-10-6-17(7-11-18)8-12-20(21)19-9-5-15(3)16(4)13-19/h5-14H,1-4H3/b12-8+. The van der Waals surface area contributed by atoms with Gasteiger partial charge in [0.05, 0.1) is 0 Å². The zero-order chi connectivity index (χ0) is 15.4. The average molecular weight is 278 g/mol. The summed E-state index contributed by atoms with van der Waals surface area (Å²) in [5.41, 5.74) is 5.47. The predicted octanol–water partition coefficient (Wildman–Crippen LogP) is 5.32. The zero-order valence-electron chi connectivity index (χ0n) is 13.2. The molecular formula is C20H22O. The van der Waals surface area contributed by atoms with Crippen molar-refractivity contribution in [1.82, 2.24) is 0 Å². The van der Waals surface area contributed by atoms with Crippen molar-refractivity contribution in [2.24, 2.45) is 0 Å². The van der Waals surface area contributed by atoms with Gasteiger partial charge in [0.2, 0.25) is 0 Å². The Morgan fingerprint density at radius 1 is 0.952 bits per heavy atom. The van der Waals surface area contributed by atoms with Crippen molar-refractivity contribution in [3.05, 3.63) is 76.4 Å². The summed E-state index contributed by atoms with van der Waals surface area (Å²) in [4.78, 5) is 12.2. The van der Waals surface area contributed by atoms with E-state index < -0.39 is 0 Å². The van der Waals surface area contributed by atoms with Crippen molar-refractivity contribution in [1.29, 1.82) is 0 Å². The second-order valence-corrected chi connectivity index (χ2v) is 5.82. The Kier molecular flexibility index (Phi) is 4.74. The Morgan fingerprint density at radius 2 is 1.62 bits per heavy atom. The van der Waals surface area contributed by atoms with E-state index in [0.29, 0.717) is 5.92 Å². The van der Waals surface area contributed by atoms with Crippen molar-refractivity contribution >= 4 is 11.9 Å². The van der Waals surface area contributed by atoms with Crippen molar-refractivity contribution in [2.75, 3.05) is 0 Å². The highest BCUT2D eigenvalue weighted by atomic mass is 16.1. The lowest BCUT2D eigenvalue weighted by atomic mass is 10.0. The van der Waals surface area contributed by atoms with Crippen LogP contribution in [-0.4, -0.2) is 5.78 Å². The highest BCUT2D eigenvalue weighted by molar-refractivity contribution is 6.06. The summed E-state index contributed by atoms with van der Waals surface area (Å²) >= 11 is 0. The van der Waals surface area contributed by atoms with Crippen LogP contribution in [0.3, 0.4) is 0 Å². The van der Waals surface area contributed by atoms with Crippen LogP contribution in [0.5, 0.6) is 0 Å². The molecule has 2 aromatic carbocycles. The van der Waals surface area contributed by atoms with Crippen molar-refractivity contribution < 1.29 is 4.79 Å². The molecule has 1 heteroatoms. The lowest BCUT2D eigenvalue weighted by molar-refractivity contribution is 0.104. The minimum absolute atomic E-state index is 0.0473.